The molecule has 0 radical (unpaired) electrons. The summed E-state index contributed by atoms with van der Waals surface area (Å²) in [7, 11) is 0. The van der Waals surface area contributed by atoms with Crippen LogP contribution in [0.4, 0.5) is 5.00 Å². The van der Waals surface area contributed by atoms with Crippen molar-refractivity contribution in [1.82, 2.24) is 0 Å². The number of anilines is 1. The van der Waals surface area contributed by atoms with E-state index < -0.39 is 30.6 Å². The Morgan fingerprint density at radius 1 is 1.21 bits per heavy atom. The van der Waals surface area contributed by atoms with Gasteiger partial charge in [-0.3, -0.25) is 4.79 Å². The van der Waals surface area contributed by atoms with E-state index in [0.29, 0.717) is 23.6 Å². The molecule has 1 amide bonds. The van der Waals surface area contributed by atoms with E-state index in [2.05, 4.69) is 5.32 Å². The number of benzene rings is 1. The van der Waals surface area contributed by atoms with Crippen molar-refractivity contribution in [3.8, 4) is 11.1 Å². The molecule has 0 bridgehead atoms. The molecule has 1 aliphatic heterocycles. The first-order chi connectivity index (χ1) is 13.6. The minimum Gasteiger partial charge on any atom is -0.462 e. The van der Waals surface area contributed by atoms with Gasteiger partial charge in [-0.15, -0.1) is 11.3 Å². The van der Waals surface area contributed by atoms with Gasteiger partial charge in [0.25, 0.3) is 5.91 Å². The van der Waals surface area contributed by atoms with Crippen LogP contribution in [0.1, 0.15) is 30.1 Å². The Kier molecular flexibility index (Phi) is 6.78. The molecule has 0 spiro atoms. The van der Waals surface area contributed by atoms with Crippen LogP contribution in [0.3, 0.4) is 0 Å². The summed E-state index contributed by atoms with van der Waals surface area (Å²) in [6.45, 7) is 2.01. The molecule has 2 aromatic rings. The number of nitrogens with one attached hydrogen (secondary N) is 1. The van der Waals surface area contributed by atoms with Gasteiger partial charge in [0.15, 0.2) is 12.7 Å². The molecular formula is C20H21NO6S. The van der Waals surface area contributed by atoms with E-state index in [1.807, 2.05) is 30.3 Å². The van der Waals surface area contributed by atoms with Crippen molar-refractivity contribution < 1.29 is 28.6 Å². The largest absolute Gasteiger partial charge is 0.462 e. The maximum Gasteiger partial charge on any atom is 0.341 e. The van der Waals surface area contributed by atoms with Gasteiger partial charge in [0.1, 0.15) is 10.6 Å². The third-order valence-corrected chi connectivity index (χ3v) is 5.04. The smallest absolute Gasteiger partial charge is 0.341 e. The lowest BCUT2D eigenvalue weighted by atomic mass is 10.0. The van der Waals surface area contributed by atoms with Crippen molar-refractivity contribution in [3.05, 3.63) is 41.3 Å². The fraction of sp³-hybridized carbons (Fsp3) is 0.350. The Morgan fingerprint density at radius 3 is 2.68 bits per heavy atom. The number of hydrogen-bond donors (Lipinski definition) is 1. The second-order valence-electron chi connectivity index (χ2n) is 6.10. The number of rotatable bonds is 7. The molecule has 148 valence electrons. The summed E-state index contributed by atoms with van der Waals surface area (Å²) in [6, 6.07) is 9.36. The normalized spacial score (nSPS) is 15.8. The van der Waals surface area contributed by atoms with Crippen LogP contribution in [0.5, 0.6) is 0 Å². The van der Waals surface area contributed by atoms with Crippen LogP contribution in [0.15, 0.2) is 35.7 Å². The van der Waals surface area contributed by atoms with Gasteiger partial charge in [0.2, 0.25) is 0 Å². The summed E-state index contributed by atoms with van der Waals surface area (Å²) < 4.78 is 15.4. The molecule has 0 saturated carbocycles. The van der Waals surface area contributed by atoms with Crippen LogP contribution >= 0.6 is 11.3 Å². The van der Waals surface area contributed by atoms with Crippen LogP contribution in [0.25, 0.3) is 11.1 Å². The van der Waals surface area contributed by atoms with Crippen LogP contribution in [-0.2, 0) is 23.8 Å². The first-order valence-corrected chi connectivity index (χ1v) is 9.90. The monoisotopic (exact) mass is 403 g/mol. The average molecular weight is 403 g/mol. The van der Waals surface area contributed by atoms with Crippen LogP contribution in [0.2, 0.25) is 0 Å². The average Bonchev–Trinajstić information content (AvgIpc) is 3.37. The molecule has 8 heteroatoms. The zero-order valence-electron chi connectivity index (χ0n) is 15.4. The van der Waals surface area contributed by atoms with E-state index in [0.717, 1.165) is 12.0 Å². The van der Waals surface area contributed by atoms with E-state index in [1.165, 1.54) is 11.3 Å². The van der Waals surface area contributed by atoms with Crippen molar-refractivity contribution in [2.75, 3.05) is 25.1 Å². The summed E-state index contributed by atoms with van der Waals surface area (Å²) in [6.07, 6.45) is 0.792. The topological polar surface area (TPSA) is 90.9 Å². The predicted octanol–water partition coefficient (Wildman–Crippen LogP) is 3.25. The number of carbonyl (C=O) groups excluding carboxylic acids is 3. The van der Waals surface area contributed by atoms with Crippen molar-refractivity contribution in [3.63, 3.8) is 0 Å². The van der Waals surface area contributed by atoms with Gasteiger partial charge in [0, 0.05) is 17.6 Å². The highest BCUT2D eigenvalue weighted by Gasteiger charge is 2.26. The summed E-state index contributed by atoms with van der Waals surface area (Å²) in [5.41, 5.74) is 1.81. The molecule has 1 saturated heterocycles. The van der Waals surface area contributed by atoms with Crippen molar-refractivity contribution >= 4 is 34.2 Å². The quantitative estimate of drug-likeness (QED) is 0.714. The molecule has 1 fully saturated rings. The number of thiophene rings is 1. The molecule has 0 unspecified atom stereocenters. The summed E-state index contributed by atoms with van der Waals surface area (Å²) in [5, 5.41) is 4.79. The third-order valence-electron chi connectivity index (χ3n) is 4.15. The van der Waals surface area contributed by atoms with Gasteiger partial charge >= 0.3 is 11.9 Å². The lowest BCUT2D eigenvalue weighted by molar-refractivity contribution is -0.156. The van der Waals surface area contributed by atoms with Gasteiger partial charge < -0.3 is 19.5 Å². The summed E-state index contributed by atoms with van der Waals surface area (Å²) >= 11 is 1.22. The van der Waals surface area contributed by atoms with Crippen LogP contribution in [-0.4, -0.2) is 43.8 Å². The molecule has 3 rings (SSSR count). The maximum atomic E-state index is 12.5. The zero-order chi connectivity index (χ0) is 19.9. The molecule has 7 nitrogen and oxygen atoms in total. The highest BCUT2D eigenvalue weighted by atomic mass is 32.1. The molecule has 1 aromatic carbocycles. The lowest BCUT2D eigenvalue weighted by Gasteiger charge is -2.11. The van der Waals surface area contributed by atoms with Crippen molar-refractivity contribution in [1.29, 1.82) is 0 Å². The van der Waals surface area contributed by atoms with Crippen LogP contribution < -0.4 is 5.32 Å². The Morgan fingerprint density at radius 2 is 2.00 bits per heavy atom. The molecule has 1 aliphatic rings. The molecular weight excluding hydrogens is 382 g/mol. The summed E-state index contributed by atoms with van der Waals surface area (Å²) in [4.78, 5) is 36.6. The van der Waals surface area contributed by atoms with Gasteiger partial charge in [-0.05, 0) is 25.3 Å². The van der Waals surface area contributed by atoms with Gasteiger partial charge in [-0.2, -0.15) is 0 Å². The molecule has 0 aliphatic carbocycles. The number of hydrogen-bond acceptors (Lipinski definition) is 7. The summed E-state index contributed by atoms with van der Waals surface area (Å²) in [5.74, 6) is -1.60. The van der Waals surface area contributed by atoms with E-state index in [4.69, 9.17) is 14.2 Å². The van der Waals surface area contributed by atoms with E-state index >= 15 is 0 Å². The highest BCUT2D eigenvalue weighted by Crippen LogP contribution is 2.36. The highest BCUT2D eigenvalue weighted by molar-refractivity contribution is 7.15. The van der Waals surface area contributed by atoms with E-state index in [9.17, 15) is 14.4 Å². The predicted molar refractivity (Wildman–Crippen MR) is 104 cm³/mol. The van der Waals surface area contributed by atoms with Crippen LogP contribution in [0, 0.1) is 0 Å². The Balaban J connectivity index is 1.72. The van der Waals surface area contributed by atoms with Crippen molar-refractivity contribution in [2.45, 2.75) is 25.9 Å². The van der Waals surface area contributed by atoms with Crippen molar-refractivity contribution in [2.24, 2.45) is 0 Å². The fourth-order valence-electron chi connectivity index (χ4n) is 2.84. The number of carbonyl (C=O) groups is 3. The SMILES string of the molecule is CCOC(=O)c1c(-c2ccccc2)csc1NC(=O)COC(=O)[C@@H]1CCCO1. The Labute approximate surface area is 166 Å². The molecule has 1 N–H and O–H groups in total. The molecule has 2 heterocycles. The minimum absolute atomic E-state index is 0.218. The lowest BCUT2D eigenvalue weighted by Crippen LogP contribution is -2.27. The van der Waals surface area contributed by atoms with E-state index in [-0.39, 0.29) is 12.2 Å². The van der Waals surface area contributed by atoms with Gasteiger partial charge in [-0.25, -0.2) is 9.59 Å². The molecule has 1 aromatic heterocycles. The first-order valence-electron chi connectivity index (χ1n) is 9.02. The first kappa shape index (κ1) is 20.0. The van der Waals surface area contributed by atoms with Gasteiger partial charge in [0.05, 0.1) is 6.61 Å². The fourth-order valence-corrected chi connectivity index (χ4v) is 3.82. The van der Waals surface area contributed by atoms with E-state index in [1.54, 1.807) is 12.3 Å². The zero-order valence-corrected chi connectivity index (χ0v) is 16.3. The number of ether oxygens (including phenoxy) is 3. The van der Waals surface area contributed by atoms with Gasteiger partial charge in [-0.1, -0.05) is 30.3 Å². The maximum absolute atomic E-state index is 12.5. The molecule has 1 atom stereocenters. The Bertz CT molecular complexity index is 842. The number of amides is 1. The second kappa shape index (κ2) is 9.48. The number of esters is 2. The Hall–Kier alpha value is -2.71. The molecule has 28 heavy (non-hydrogen) atoms. The third kappa shape index (κ3) is 4.76. The second-order valence-corrected chi connectivity index (χ2v) is 6.98. The standard InChI is InChI=1S/C20H21NO6S/c1-2-25-20(24)17-14(13-7-4-3-5-8-13)12-28-18(17)21-16(22)11-27-19(23)15-9-6-10-26-15/h3-5,7-8,12,15H,2,6,9-11H2,1H3,(H,21,22)/t15-/m0/s1. The minimum atomic E-state index is -0.602.